The van der Waals surface area contributed by atoms with E-state index >= 15 is 0 Å². The first-order chi connectivity index (χ1) is 14.5. The first-order valence-corrected chi connectivity index (χ1v) is 10.3. The van der Waals surface area contributed by atoms with Crippen LogP contribution in [0.4, 0.5) is 0 Å². The van der Waals surface area contributed by atoms with Gasteiger partial charge in [0, 0.05) is 37.8 Å². The topological polar surface area (TPSA) is 93.5 Å². The number of Topliss-reactive ketones (excluding diaryl/α,β-unsaturated/α-hetero) is 1. The van der Waals surface area contributed by atoms with E-state index in [1.54, 1.807) is 23.2 Å². The average molecular weight is 410 g/mol. The molecule has 0 radical (unpaired) electrons. The van der Waals surface area contributed by atoms with E-state index in [2.05, 4.69) is 10.4 Å². The monoisotopic (exact) mass is 410 g/mol. The number of benzene rings is 1. The highest BCUT2D eigenvalue weighted by Crippen LogP contribution is 2.39. The number of hydrogen-bond acceptors (Lipinski definition) is 5. The first kappa shape index (κ1) is 20.1. The predicted molar refractivity (Wildman–Crippen MR) is 109 cm³/mol. The van der Waals surface area contributed by atoms with Crippen LogP contribution in [0.3, 0.4) is 0 Å². The highest BCUT2D eigenvalue weighted by atomic mass is 16.5. The van der Waals surface area contributed by atoms with Gasteiger partial charge in [-0.25, -0.2) is 0 Å². The highest BCUT2D eigenvalue weighted by molar-refractivity contribution is 6.00. The molecule has 1 spiro atoms. The van der Waals surface area contributed by atoms with Crippen molar-refractivity contribution in [3.63, 3.8) is 0 Å². The summed E-state index contributed by atoms with van der Waals surface area (Å²) >= 11 is 0. The zero-order valence-electron chi connectivity index (χ0n) is 17.1. The molecule has 8 heteroatoms. The van der Waals surface area contributed by atoms with Crippen molar-refractivity contribution in [2.24, 2.45) is 0 Å². The lowest BCUT2D eigenvalue weighted by molar-refractivity contribution is -0.135. The Labute approximate surface area is 175 Å². The Morgan fingerprint density at radius 2 is 2.07 bits per heavy atom. The molecular weight excluding hydrogens is 384 g/mol. The number of likely N-dealkylation sites (tertiary alicyclic amines) is 1. The Hall–Kier alpha value is -3.16. The highest BCUT2D eigenvalue weighted by Gasteiger charge is 2.43. The molecule has 0 bridgehead atoms. The lowest BCUT2D eigenvalue weighted by Gasteiger charge is -2.37. The van der Waals surface area contributed by atoms with E-state index in [1.807, 2.05) is 29.8 Å². The molecule has 0 saturated carbocycles. The van der Waals surface area contributed by atoms with Gasteiger partial charge in [0.2, 0.25) is 11.8 Å². The van der Waals surface area contributed by atoms with E-state index in [0.29, 0.717) is 43.8 Å². The van der Waals surface area contributed by atoms with Crippen LogP contribution < -0.4 is 10.1 Å². The quantitative estimate of drug-likeness (QED) is 0.810. The molecule has 0 unspecified atom stereocenters. The maximum absolute atomic E-state index is 12.6. The van der Waals surface area contributed by atoms with Gasteiger partial charge in [-0.1, -0.05) is 12.1 Å². The van der Waals surface area contributed by atoms with E-state index in [9.17, 15) is 14.4 Å². The molecule has 1 aromatic heterocycles. The summed E-state index contributed by atoms with van der Waals surface area (Å²) in [6.07, 6.45) is 3.25. The van der Waals surface area contributed by atoms with Crippen molar-refractivity contribution >= 4 is 17.6 Å². The van der Waals surface area contributed by atoms with E-state index < -0.39 is 5.60 Å². The van der Waals surface area contributed by atoms with Gasteiger partial charge in [0.25, 0.3) is 0 Å². The van der Waals surface area contributed by atoms with Gasteiger partial charge in [0.05, 0.1) is 25.1 Å². The van der Waals surface area contributed by atoms with Gasteiger partial charge < -0.3 is 15.0 Å². The molecule has 1 atom stereocenters. The summed E-state index contributed by atoms with van der Waals surface area (Å²) in [4.78, 5) is 39.1. The normalized spacial score (nSPS) is 21.2. The van der Waals surface area contributed by atoms with Gasteiger partial charge in [-0.15, -0.1) is 0 Å². The molecule has 30 heavy (non-hydrogen) atoms. The maximum atomic E-state index is 12.6. The van der Waals surface area contributed by atoms with E-state index in [-0.39, 0.29) is 37.0 Å². The molecule has 3 heterocycles. The molecule has 1 saturated heterocycles. The van der Waals surface area contributed by atoms with E-state index in [0.717, 1.165) is 5.69 Å². The number of nitrogens with zero attached hydrogens (tertiary/aromatic N) is 3. The first-order valence-electron chi connectivity index (χ1n) is 10.3. The van der Waals surface area contributed by atoms with Crippen molar-refractivity contribution in [2.75, 3.05) is 19.6 Å². The van der Waals surface area contributed by atoms with Gasteiger partial charge in [0.15, 0.2) is 5.78 Å². The number of ketones is 1. The summed E-state index contributed by atoms with van der Waals surface area (Å²) in [5, 5.41) is 7.03. The fourth-order valence-electron chi connectivity index (χ4n) is 4.13. The summed E-state index contributed by atoms with van der Waals surface area (Å²) in [6.45, 7) is 3.38. The van der Waals surface area contributed by atoms with Crippen molar-refractivity contribution in [3.05, 3.63) is 47.8 Å². The third kappa shape index (κ3) is 4.22. The molecule has 2 aromatic rings. The molecule has 2 aliphatic rings. The molecule has 1 N–H and O–H groups in total. The molecular formula is C22H26N4O4. The minimum absolute atomic E-state index is 0.0114. The van der Waals surface area contributed by atoms with Crippen molar-refractivity contribution in [3.8, 4) is 5.75 Å². The number of fused-ring (bicyclic) bond motifs is 1. The van der Waals surface area contributed by atoms with Crippen LogP contribution >= 0.6 is 0 Å². The van der Waals surface area contributed by atoms with E-state index in [1.165, 1.54) is 0 Å². The number of aryl methyl sites for hydroxylation is 1. The fraction of sp³-hybridized carbons (Fsp3) is 0.455. The SMILES string of the molecule is Cc1ccnn1CCNC(=O)CN1CC[C@@]2(CCC1=O)CC(=O)c1ccccc1O2. The molecule has 0 aliphatic carbocycles. The number of carbonyl (C=O) groups is 3. The molecule has 4 rings (SSSR count). The van der Waals surface area contributed by atoms with Crippen LogP contribution in [0.25, 0.3) is 0 Å². The number of rotatable bonds is 5. The minimum Gasteiger partial charge on any atom is -0.486 e. The van der Waals surface area contributed by atoms with Gasteiger partial charge in [0.1, 0.15) is 11.4 Å². The summed E-state index contributed by atoms with van der Waals surface area (Å²) in [5.41, 5.74) is 0.951. The summed E-state index contributed by atoms with van der Waals surface area (Å²) in [6, 6.07) is 9.14. The number of hydrogen-bond donors (Lipinski definition) is 1. The standard InChI is InChI=1S/C22H26N4O4/c1-16-7-10-24-26(16)13-11-23-20(28)15-25-12-9-22(8-6-21(25)29)14-18(27)17-4-2-3-5-19(17)30-22/h2-5,7,10H,6,8-9,11-15H2,1H3,(H,23,28)/t22-/m0/s1. The van der Waals surface area contributed by atoms with Crippen molar-refractivity contribution in [2.45, 2.75) is 44.8 Å². The van der Waals surface area contributed by atoms with Gasteiger partial charge in [-0.05, 0) is 31.5 Å². The van der Waals surface area contributed by atoms with Gasteiger partial charge >= 0.3 is 0 Å². The van der Waals surface area contributed by atoms with Crippen molar-refractivity contribution in [1.82, 2.24) is 20.0 Å². The Balaban J connectivity index is 1.33. The zero-order valence-corrected chi connectivity index (χ0v) is 17.1. The average Bonchev–Trinajstić information content (AvgIpc) is 3.08. The Morgan fingerprint density at radius 3 is 2.87 bits per heavy atom. The molecule has 158 valence electrons. The van der Waals surface area contributed by atoms with E-state index in [4.69, 9.17) is 4.74 Å². The largest absolute Gasteiger partial charge is 0.486 e. The minimum atomic E-state index is -0.677. The van der Waals surface area contributed by atoms with Crippen LogP contribution in [0.15, 0.2) is 36.5 Å². The number of amides is 2. The molecule has 8 nitrogen and oxygen atoms in total. The fourth-order valence-corrected chi connectivity index (χ4v) is 4.13. The third-order valence-electron chi connectivity index (χ3n) is 5.89. The summed E-state index contributed by atoms with van der Waals surface area (Å²) < 4.78 is 8.04. The lowest BCUT2D eigenvalue weighted by atomic mass is 9.84. The second kappa shape index (κ2) is 8.30. The number of carbonyl (C=O) groups excluding carboxylic acids is 3. The Morgan fingerprint density at radius 1 is 1.23 bits per heavy atom. The summed E-state index contributed by atoms with van der Waals surface area (Å²) in [5.74, 6) is 0.348. The number of para-hydroxylation sites is 1. The number of ether oxygens (including phenoxy) is 1. The van der Waals surface area contributed by atoms with Crippen molar-refractivity contribution in [1.29, 1.82) is 0 Å². The molecule has 1 aromatic carbocycles. The smallest absolute Gasteiger partial charge is 0.239 e. The van der Waals surface area contributed by atoms with Crippen LogP contribution in [-0.2, 0) is 16.1 Å². The molecule has 2 aliphatic heterocycles. The third-order valence-corrected chi connectivity index (χ3v) is 5.89. The number of aromatic nitrogens is 2. The Kier molecular flexibility index (Phi) is 5.57. The van der Waals surface area contributed by atoms with Crippen molar-refractivity contribution < 1.29 is 19.1 Å². The van der Waals surface area contributed by atoms with Crippen LogP contribution in [0.2, 0.25) is 0 Å². The zero-order chi connectivity index (χ0) is 21.1. The molecule has 2 amide bonds. The van der Waals surface area contributed by atoms with Gasteiger partial charge in [-0.3, -0.25) is 19.1 Å². The second-order valence-electron chi connectivity index (χ2n) is 7.99. The Bertz CT molecular complexity index is 970. The second-order valence-corrected chi connectivity index (χ2v) is 7.99. The van der Waals surface area contributed by atoms with Crippen LogP contribution in [0, 0.1) is 6.92 Å². The summed E-state index contributed by atoms with van der Waals surface area (Å²) in [7, 11) is 0. The molecule has 1 fully saturated rings. The predicted octanol–water partition coefficient (Wildman–Crippen LogP) is 1.72. The van der Waals surface area contributed by atoms with Crippen LogP contribution in [0.1, 0.15) is 41.7 Å². The lowest BCUT2D eigenvalue weighted by Crippen LogP contribution is -2.44. The van der Waals surface area contributed by atoms with Crippen LogP contribution in [-0.4, -0.2) is 57.5 Å². The maximum Gasteiger partial charge on any atom is 0.239 e. The number of nitrogens with one attached hydrogen (secondary N) is 1. The van der Waals surface area contributed by atoms with Crippen LogP contribution in [0.5, 0.6) is 5.75 Å². The van der Waals surface area contributed by atoms with Gasteiger partial charge in [-0.2, -0.15) is 5.10 Å².